The Morgan fingerprint density at radius 1 is 1.62 bits per heavy atom. The molecule has 1 N–H and O–H groups in total. The fraction of sp³-hybridized carbons (Fsp3) is 0.700. The second-order valence-corrected chi connectivity index (χ2v) is 4.15. The van der Waals surface area contributed by atoms with Gasteiger partial charge in [0.25, 0.3) is 0 Å². The highest BCUT2D eigenvalue weighted by atomic mass is 15.1. The fourth-order valence-electron chi connectivity index (χ4n) is 1.72. The molecule has 1 aliphatic heterocycles. The molecule has 1 aromatic rings. The molecule has 2 heterocycles. The predicted octanol–water partition coefficient (Wildman–Crippen LogP) is 1.23. The lowest BCUT2D eigenvalue weighted by atomic mass is 10.0. The fourth-order valence-corrected chi connectivity index (χ4v) is 1.72. The van der Waals surface area contributed by atoms with Crippen LogP contribution in [0.3, 0.4) is 0 Å². The molecule has 1 aromatic heterocycles. The van der Waals surface area contributed by atoms with Crippen LogP contribution in [0.5, 0.6) is 0 Å². The average Bonchev–Trinajstić information content (AvgIpc) is 2.44. The Labute approximate surface area is 79.2 Å². The Kier molecular flexibility index (Phi) is 2.36. The van der Waals surface area contributed by atoms with Crippen LogP contribution in [-0.4, -0.2) is 22.6 Å². The smallest absolute Gasteiger partial charge is 0.0948 e. The van der Waals surface area contributed by atoms with E-state index < -0.39 is 0 Å². The Morgan fingerprint density at radius 2 is 2.38 bits per heavy atom. The molecule has 0 unspecified atom stereocenters. The van der Waals surface area contributed by atoms with Gasteiger partial charge in [0.1, 0.15) is 0 Å². The average molecular weight is 179 g/mol. The molecule has 72 valence electrons. The molecule has 0 saturated carbocycles. The third-order valence-electron chi connectivity index (χ3n) is 2.66. The highest BCUT2D eigenvalue weighted by Gasteiger charge is 2.18. The second-order valence-electron chi connectivity index (χ2n) is 4.15. The topological polar surface area (TPSA) is 29.9 Å². The van der Waals surface area contributed by atoms with Crippen LogP contribution < -0.4 is 5.32 Å². The summed E-state index contributed by atoms with van der Waals surface area (Å²) in [4.78, 5) is 4.20. The molecule has 0 aliphatic carbocycles. The minimum absolute atomic E-state index is 0.579. The molecular formula is C10H17N3. The Hall–Kier alpha value is -0.830. The molecule has 1 saturated heterocycles. The van der Waals surface area contributed by atoms with Gasteiger partial charge < -0.3 is 9.88 Å². The summed E-state index contributed by atoms with van der Waals surface area (Å²) < 4.78 is 2.29. The van der Waals surface area contributed by atoms with Crippen LogP contribution in [0.4, 0.5) is 0 Å². The van der Waals surface area contributed by atoms with Crippen LogP contribution in [0, 0.1) is 5.92 Å². The number of nitrogens with one attached hydrogen (secondary N) is 1. The summed E-state index contributed by atoms with van der Waals surface area (Å²) in [5, 5.41) is 3.29. The summed E-state index contributed by atoms with van der Waals surface area (Å²) in [6.07, 6.45) is 3.93. The molecular weight excluding hydrogens is 162 g/mol. The first kappa shape index (κ1) is 8.75. The molecule has 0 aromatic carbocycles. The zero-order valence-corrected chi connectivity index (χ0v) is 8.33. The van der Waals surface area contributed by atoms with Crippen molar-refractivity contribution in [2.75, 3.05) is 13.1 Å². The summed E-state index contributed by atoms with van der Waals surface area (Å²) in [6.45, 7) is 7.88. The van der Waals surface area contributed by atoms with Gasteiger partial charge in [-0.3, -0.25) is 0 Å². The third kappa shape index (κ3) is 1.75. The largest absolute Gasteiger partial charge is 0.334 e. The Balaban J connectivity index is 2.05. The van der Waals surface area contributed by atoms with Crippen LogP contribution >= 0.6 is 0 Å². The second kappa shape index (κ2) is 3.50. The summed E-state index contributed by atoms with van der Waals surface area (Å²) in [5.41, 5.74) is 1.35. The molecule has 13 heavy (non-hydrogen) atoms. The van der Waals surface area contributed by atoms with E-state index in [4.69, 9.17) is 0 Å². The first-order chi connectivity index (χ1) is 6.27. The van der Waals surface area contributed by atoms with E-state index in [1.54, 1.807) is 0 Å². The van der Waals surface area contributed by atoms with Gasteiger partial charge in [0, 0.05) is 37.4 Å². The quantitative estimate of drug-likeness (QED) is 0.756. The van der Waals surface area contributed by atoms with Gasteiger partial charge in [-0.25, -0.2) is 4.98 Å². The van der Waals surface area contributed by atoms with Crippen LogP contribution in [-0.2, 0) is 6.54 Å². The maximum atomic E-state index is 4.20. The van der Waals surface area contributed by atoms with Crippen LogP contribution in [0.2, 0.25) is 0 Å². The number of hydrogen-bond donors (Lipinski definition) is 1. The maximum Gasteiger partial charge on any atom is 0.0948 e. The van der Waals surface area contributed by atoms with Crippen molar-refractivity contribution in [3.63, 3.8) is 0 Å². The molecule has 1 aliphatic rings. The number of rotatable bonds is 3. The minimum Gasteiger partial charge on any atom is -0.334 e. The lowest BCUT2D eigenvalue weighted by Gasteiger charge is -2.28. The van der Waals surface area contributed by atoms with E-state index in [1.807, 2.05) is 12.5 Å². The highest BCUT2D eigenvalue weighted by Crippen LogP contribution is 2.16. The standard InChI is InChI=1S/C10H17N3/c1-8(2)10-5-12-7-13(10)6-9-3-11-4-9/h5,7-9,11H,3-4,6H2,1-2H3. The van der Waals surface area contributed by atoms with Crippen molar-refractivity contribution in [2.24, 2.45) is 5.92 Å². The summed E-state index contributed by atoms with van der Waals surface area (Å²) in [7, 11) is 0. The monoisotopic (exact) mass is 179 g/mol. The molecule has 2 rings (SSSR count). The van der Waals surface area contributed by atoms with Crippen LogP contribution in [0.25, 0.3) is 0 Å². The van der Waals surface area contributed by atoms with Crippen LogP contribution in [0.1, 0.15) is 25.5 Å². The van der Waals surface area contributed by atoms with Gasteiger partial charge in [-0.1, -0.05) is 13.8 Å². The van der Waals surface area contributed by atoms with Crippen molar-refractivity contribution in [3.05, 3.63) is 18.2 Å². The van der Waals surface area contributed by atoms with Gasteiger partial charge in [0.15, 0.2) is 0 Å². The predicted molar refractivity (Wildman–Crippen MR) is 52.7 cm³/mol. The molecule has 3 heteroatoms. The normalized spacial score (nSPS) is 17.8. The van der Waals surface area contributed by atoms with Gasteiger partial charge >= 0.3 is 0 Å². The Bertz CT molecular complexity index is 273. The minimum atomic E-state index is 0.579. The summed E-state index contributed by atoms with van der Waals surface area (Å²) >= 11 is 0. The third-order valence-corrected chi connectivity index (χ3v) is 2.66. The molecule has 0 amide bonds. The molecule has 1 fully saturated rings. The van der Waals surface area contributed by atoms with E-state index in [1.165, 1.54) is 5.69 Å². The van der Waals surface area contributed by atoms with Crippen LogP contribution in [0.15, 0.2) is 12.5 Å². The number of aromatic nitrogens is 2. The van der Waals surface area contributed by atoms with Crippen molar-refractivity contribution in [3.8, 4) is 0 Å². The molecule has 0 spiro atoms. The Morgan fingerprint density at radius 3 is 2.92 bits per heavy atom. The first-order valence-corrected chi connectivity index (χ1v) is 4.98. The first-order valence-electron chi connectivity index (χ1n) is 4.98. The van der Waals surface area contributed by atoms with Crippen molar-refractivity contribution in [2.45, 2.75) is 26.3 Å². The maximum absolute atomic E-state index is 4.20. The van der Waals surface area contributed by atoms with Gasteiger partial charge in [-0.15, -0.1) is 0 Å². The van der Waals surface area contributed by atoms with E-state index in [9.17, 15) is 0 Å². The zero-order chi connectivity index (χ0) is 9.26. The van der Waals surface area contributed by atoms with E-state index in [0.717, 1.165) is 25.6 Å². The summed E-state index contributed by atoms with van der Waals surface area (Å²) in [6, 6.07) is 0. The van der Waals surface area contributed by atoms with E-state index in [0.29, 0.717) is 5.92 Å². The SMILES string of the molecule is CC(C)c1cncn1CC1CNC1. The highest BCUT2D eigenvalue weighted by molar-refractivity contribution is 5.04. The van der Waals surface area contributed by atoms with E-state index >= 15 is 0 Å². The van der Waals surface area contributed by atoms with Crippen molar-refractivity contribution >= 4 is 0 Å². The molecule has 3 nitrogen and oxygen atoms in total. The van der Waals surface area contributed by atoms with Gasteiger partial charge in [-0.2, -0.15) is 0 Å². The van der Waals surface area contributed by atoms with E-state index in [2.05, 4.69) is 28.7 Å². The number of hydrogen-bond acceptors (Lipinski definition) is 2. The van der Waals surface area contributed by atoms with Crippen molar-refractivity contribution in [1.29, 1.82) is 0 Å². The van der Waals surface area contributed by atoms with E-state index in [-0.39, 0.29) is 0 Å². The number of imidazole rings is 1. The van der Waals surface area contributed by atoms with Crippen molar-refractivity contribution < 1.29 is 0 Å². The van der Waals surface area contributed by atoms with Gasteiger partial charge in [0.2, 0.25) is 0 Å². The molecule has 0 atom stereocenters. The lowest BCUT2D eigenvalue weighted by Crippen LogP contribution is -2.44. The lowest BCUT2D eigenvalue weighted by molar-refractivity contribution is 0.303. The number of nitrogens with zero attached hydrogens (tertiary/aromatic N) is 2. The molecule has 0 bridgehead atoms. The van der Waals surface area contributed by atoms with Crippen molar-refractivity contribution in [1.82, 2.24) is 14.9 Å². The molecule has 0 radical (unpaired) electrons. The zero-order valence-electron chi connectivity index (χ0n) is 8.33. The van der Waals surface area contributed by atoms with Gasteiger partial charge in [-0.05, 0) is 5.92 Å². The van der Waals surface area contributed by atoms with Gasteiger partial charge in [0.05, 0.1) is 6.33 Å². The summed E-state index contributed by atoms with van der Waals surface area (Å²) in [5.74, 6) is 1.39.